The van der Waals surface area contributed by atoms with Gasteiger partial charge in [-0.15, -0.1) is 22.9 Å². The predicted molar refractivity (Wildman–Crippen MR) is 105 cm³/mol. The number of thiophene rings is 1. The maximum Gasteiger partial charge on any atom is 0.266 e. The highest BCUT2D eigenvalue weighted by Crippen LogP contribution is 2.40. The molecule has 0 aliphatic heterocycles. The van der Waals surface area contributed by atoms with Gasteiger partial charge in [-0.3, -0.25) is 4.79 Å². The van der Waals surface area contributed by atoms with Gasteiger partial charge in [-0.1, -0.05) is 18.2 Å². The number of phenolic OH excluding ortho intramolecular Hbond substituents is 1. The second-order valence-corrected chi connectivity index (χ2v) is 7.13. The van der Waals surface area contributed by atoms with E-state index in [9.17, 15) is 9.90 Å². The van der Waals surface area contributed by atoms with Crippen molar-refractivity contribution in [3.63, 3.8) is 0 Å². The zero-order valence-corrected chi connectivity index (χ0v) is 14.9. The Bertz CT molecular complexity index is 1150. The Morgan fingerprint density at radius 3 is 2.88 bits per heavy atom. The van der Waals surface area contributed by atoms with E-state index < -0.39 is 0 Å². The third kappa shape index (κ3) is 2.61. The summed E-state index contributed by atoms with van der Waals surface area (Å²) in [6, 6.07) is 13.0. The van der Waals surface area contributed by atoms with Crippen molar-refractivity contribution < 1.29 is 5.11 Å². The van der Waals surface area contributed by atoms with Crippen molar-refractivity contribution in [1.82, 2.24) is 10.3 Å². The lowest BCUT2D eigenvalue weighted by atomic mass is 9.96. The lowest BCUT2D eigenvalue weighted by Gasteiger charge is -2.14. The van der Waals surface area contributed by atoms with Crippen LogP contribution in [-0.2, 0) is 0 Å². The molecule has 0 bridgehead atoms. The van der Waals surface area contributed by atoms with Crippen LogP contribution in [-0.4, -0.2) is 17.1 Å². The van der Waals surface area contributed by atoms with Gasteiger partial charge < -0.3 is 15.4 Å². The summed E-state index contributed by atoms with van der Waals surface area (Å²) in [4.78, 5) is 15.1. The van der Waals surface area contributed by atoms with Crippen LogP contribution in [0.4, 0.5) is 0 Å². The normalized spacial score (nSPS) is 12.7. The van der Waals surface area contributed by atoms with Gasteiger partial charge in [0.15, 0.2) is 0 Å². The van der Waals surface area contributed by atoms with Gasteiger partial charge in [0.05, 0.1) is 0 Å². The van der Waals surface area contributed by atoms with Crippen LogP contribution < -0.4 is 10.9 Å². The van der Waals surface area contributed by atoms with Crippen molar-refractivity contribution in [3.8, 4) is 16.9 Å². The van der Waals surface area contributed by atoms with Crippen molar-refractivity contribution in [3.05, 3.63) is 63.8 Å². The first-order valence-corrected chi connectivity index (χ1v) is 9.08. The fourth-order valence-corrected chi connectivity index (χ4v) is 4.08. The minimum Gasteiger partial charge on any atom is -0.507 e. The molecule has 2 heterocycles. The lowest BCUT2D eigenvalue weighted by Crippen LogP contribution is -2.09. The quantitative estimate of drug-likeness (QED) is 0.365. The van der Waals surface area contributed by atoms with Crippen LogP contribution in [0.15, 0.2) is 52.6 Å². The first-order chi connectivity index (χ1) is 12.1. The lowest BCUT2D eigenvalue weighted by molar-refractivity contribution is 0.478. The Morgan fingerprint density at radius 2 is 2.08 bits per heavy atom. The maximum atomic E-state index is 12.2. The number of benzene rings is 2. The van der Waals surface area contributed by atoms with E-state index in [0.29, 0.717) is 15.8 Å². The van der Waals surface area contributed by atoms with Crippen LogP contribution in [0.5, 0.6) is 5.75 Å². The van der Waals surface area contributed by atoms with Crippen LogP contribution in [0, 0.1) is 0 Å². The van der Waals surface area contributed by atoms with Crippen LogP contribution in [0.1, 0.15) is 11.1 Å². The number of aromatic amines is 1. The summed E-state index contributed by atoms with van der Waals surface area (Å²) in [5.41, 5.74) is 2.71. The summed E-state index contributed by atoms with van der Waals surface area (Å²) in [6.45, 7) is 0. The number of H-pyrrole nitrogens is 1. The third-order valence-electron chi connectivity index (χ3n) is 4.29. The number of hydrogen-bond donors (Lipinski definition) is 3. The second-order valence-electron chi connectivity index (χ2n) is 5.78. The number of rotatable bonds is 3. The van der Waals surface area contributed by atoms with Crippen molar-refractivity contribution in [2.45, 2.75) is 5.50 Å². The molecular weight excluding hydrogens is 356 g/mol. The summed E-state index contributed by atoms with van der Waals surface area (Å²) in [6.07, 6.45) is 0. The first-order valence-electron chi connectivity index (χ1n) is 7.77. The Labute approximate surface area is 152 Å². The molecule has 0 spiro atoms. The Balaban J connectivity index is 2.10. The summed E-state index contributed by atoms with van der Waals surface area (Å²) in [5, 5.41) is 17.1. The minimum absolute atomic E-state index is 0.112. The number of aromatic hydroxyl groups is 1. The van der Waals surface area contributed by atoms with Gasteiger partial charge in [0.2, 0.25) is 0 Å². The smallest absolute Gasteiger partial charge is 0.266 e. The van der Waals surface area contributed by atoms with Gasteiger partial charge in [0, 0.05) is 21.9 Å². The number of phenols is 1. The summed E-state index contributed by atoms with van der Waals surface area (Å²) >= 11 is 7.68. The SMILES string of the molecule is CNC(Cl)c1cccc(-c2c(O)ccc3[nH]c(=O)c4sccc4c23)c1. The Hall–Kier alpha value is -2.34. The largest absolute Gasteiger partial charge is 0.507 e. The average molecular weight is 371 g/mol. The molecule has 25 heavy (non-hydrogen) atoms. The molecule has 6 heteroatoms. The predicted octanol–water partition coefficient (Wildman–Crippen LogP) is 4.57. The highest BCUT2D eigenvalue weighted by atomic mass is 35.5. The van der Waals surface area contributed by atoms with Crippen LogP contribution >= 0.6 is 22.9 Å². The molecule has 1 unspecified atom stereocenters. The molecule has 2 aromatic heterocycles. The molecule has 0 aliphatic rings. The van der Waals surface area contributed by atoms with Gasteiger partial charge in [-0.25, -0.2) is 0 Å². The monoisotopic (exact) mass is 370 g/mol. The molecule has 4 rings (SSSR count). The van der Waals surface area contributed by atoms with E-state index in [4.69, 9.17) is 11.6 Å². The first kappa shape index (κ1) is 16.1. The second kappa shape index (κ2) is 6.19. The molecule has 4 aromatic rings. The molecule has 0 radical (unpaired) electrons. The number of pyridine rings is 1. The topological polar surface area (TPSA) is 65.1 Å². The number of halogens is 1. The van der Waals surface area contributed by atoms with E-state index in [1.165, 1.54) is 11.3 Å². The molecule has 0 saturated heterocycles. The van der Waals surface area contributed by atoms with E-state index in [1.807, 2.05) is 35.7 Å². The van der Waals surface area contributed by atoms with Crippen LogP contribution in [0.25, 0.3) is 32.1 Å². The molecule has 4 nitrogen and oxygen atoms in total. The van der Waals surface area contributed by atoms with E-state index in [-0.39, 0.29) is 16.8 Å². The molecule has 2 aromatic carbocycles. The average Bonchev–Trinajstić information content (AvgIpc) is 3.12. The molecule has 1 atom stereocenters. The molecule has 0 fully saturated rings. The summed E-state index contributed by atoms with van der Waals surface area (Å²) < 4.78 is 0.654. The van der Waals surface area contributed by atoms with Gasteiger partial charge in [-0.05, 0) is 47.8 Å². The Kier molecular flexibility index (Phi) is 4.00. The summed E-state index contributed by atoms with van der Waals surface area (Å²) in [5.74, 6) is 0.166. The third-order valence-corrected chi connectivity index (χ3v) is 5.68. The molecule has 3 N–H and O–H groups in total. The van der Waals surface area contributed by atoms with E-state index in [0.717, 1.165) is 21.9 Å². The fraction of sp³-hybridized carbons (Fsp3) is 0.105. The number of alkyl halides is 1. The van der Waals surface area contributed by atoms with Crippen molar-refractivity contribution in [2.75, 3.05) is 7.05 Å². The van der Waals surface area contributed by atoms with E-state index >= 15 is 0 Å². The number of nitrogens with one attached hydrogen (secondary N) is 2. The number of aromatic nitrogens is 1. The van der Waals surface area contributed by atoms with Gasteiger partial charge in [0.25, 0.3) is 5.56 Å². The van der Waals surface area contributed by atoms with Gasteiger partial charge in [0.1, 0.15) is 16.0 Å². The molecule has 0 aliphatic carbocycles. The van der Waals surface area contributed by atoms with Gasteiger partial charge in [-0.2, -0.15) is 0 Å². The zero-order valence-electron chi connectivity index (χ0n) is 13.3. The Morgan fingerprint density at radius 1 is 1.24 bits per heavy atom. The van der Waals surface area contributed by atoms with Crippen molar-refractivity contribution in [1.29, 1.82) is 0 Å². The summed E-state index contributed by atoms with van der Waals surface area (Å²) in [7, 11) is 1.79. The highest BCUT2D eigenvalue weighted by molar-refractivity contribution is 7.17. The molecule has 0 saturated carbocycles. The molecule has 0 amide bonds. The standard InChI is InChI=1S/C19H15ClN2O2S/c1-21-18(20)11-4-2-3-10(9-11)15-14(23)6-5-13-16(15)12-7-8-25-17(12)19(24)22-13/h2-9,18,21,23H,1H3,(H,22,24). The van der Waals surface area contributed by atoms with E-state index in [1.54, 1.807) is 19.2 Å². The fourth-order valence-electron chi connectivity index (χ4n) is 3.15. The molecular formula is C19H15ClN2O2S. The maximum absolute atomic E-state index is 12.2. The van der Waals surface area contributed by atoms with Crippen LogP contribution in [0.3, 0.4) is 0 Å². The van der Waals surface area contributed by atoms with Crippen molar-refractivity contribution in [2.24, 2.45) is 0 Å². The van der Waals surface area contributed by atoms with E-state index in [2.05, 4.69) is 10.3 Å². The number of hydrogen-bond acceptors (Lipinski definition) is 4. The van der Waals surface area contributed by atoms with Gasteiger partial charge >= 0.3 is 0 Å². The van der Waals surface area contributed by atoms with Crippen LogP contribution in [0.2, 0.25) is 0 Å². The molecule has 126 valence electrons. The highest BCUT2D eigenvalue weighted by Gasteiger charge is 2.16. The number of fused-ring (bicyclic) bond motifs is 3. The van der Waals surface area contributed by atoms with Crippen molar-refractivity contribution >= 4 is 43.9 Å². The minimum atomic E-state index is -0.321. The zero-order chi connectivity index (χ0) is 17.6.